The number of likely N-dealkylation sites (tertiary alicyclic amines) is 1. The highest BCUT2D eigenvalue weighted by Crippen LogP contribution is 2.12. The highest BCUT2D eigenvalue weighted by Gasteiger charge is 2.17. The van der Waals surface area contributed by atoms with Crippen LogP contribution in [0.25, 0.3) is 0 Å². The molecule has 0 radical (unpaired) electrons. The molecule has 0 amide bonds. The van der Waals surface area contributed by atoms with Crippen molar-refractivity contribution < 1.29 is 4.74 Å². The number of rotatable bonds is 3. The summed E-state index contributed by atoms with van der Waals surface area (Å²) in [5.74, 6) is 5.78. The van der Waals surface area contributed by atoms with E-state index in [0.29, 0.717) is 12.7 Å². The molecule has 74 valence electrons. The molecule has 0 N–H and O–H groups in total. The number of hydrogen-bond acceptors (Lipinski definition) is 2. The molecule has 2 nitrogen and oxygen atoms in total. The van der Waals surface area contributed by atoms with Gasteiger partial charge in [-0.1, -0.05) is 12.8 Å². The van der Waals surface area contributed by atoms with Crippen molar-refractivity contribution in [2.24, 2.45) is 0 Å². The molecular formula is C11H19NO. The van der Waals surface area contributed by atoms with E-state index < -0.39 is 0 Å². The molecule has 0 spiro atoms. The van der Waals surface area contributed by atoms with Gasteiger partial charge in [-0.3, -0.25) is 0 Å². The van der Waals surface area contributed by atoms with Gasteiger partial charge in [0, 0.05) is 13.1 Å². The van der Waals surface area contributed by atoms with Crippen LogP contribution in [-0.4, -0.2) is 37.2 Å². The lowest BCUT2D eigenvalue weighted by Crippen LogP contribution is -2.36. The lowest BCUT2D eigenvalue weighted by molar-refractivity contribution is 0.0259. The summed E-state index contributed by atoms with van der Waals surface area (Å²) in [4.78, 5) is 2.46. The minimum Gasteiger partial charge on any atom is -0.365 e. The van der Waals surface area contributed by atoms with Crippen LogP contribution in [0.4, 0.5) is 0 Å². The molecule has 0 unspecified atom stereocenters. The maximum atomic E-state index is 5.62. The summed E-state index contributed by atoms with van der Waals surface area (Å²) in [5.41, 5.74) is 0. The Hall–Kier alpha value is -0.520. The van der Waals surface area contributed by atoms with Crippen molar-refractivity contribution in [3.05, 3.63) is 0 Å². The first-order valence-electron chi connectivity index (χ1n) is 5.10. The largest absolute Gasteiger partial charge is 0.365 e. The predicted molar refractivity (Wildman–Crippen MR) is 54.5 cm³/mol. The second-order valence-corrected chi connectivity index (χ2v) is 3.37. The molecule has 0 aliphatic carbocycles. The zero-order valence-electron chi connectivity index (χ0n) is 8.68. The zero-order chi connectivity index (χ0) is 9.52. The molecule has 0 aromatic rings. The van der Waals surface area contributed by atoms with Crippen molar-refractivity contribution in [3.63, 3.8) is 0 Å². The predicted octanol–water partition coefficient (Wildman–Crippen LogP) is 1.51. The zero-order valence-corrected chi connectivity index (χ0v) is 8.68. The third kappa shape index (κ3) is 3.80. The van der Waals surface area contributed by atoms with Crippen molar-refractivity contribution in [3.8, 4) is 11.8 Å². The first-order valence-corrected chi connectivity index (χ1v) is 5.10. The highest BCUT2D eigenvalue weighted by molar-refractivity contribution is 4.95. The van der Waals surface area contributed by atoms with Crippen LogP contribution in [0.1, 0.15) is 26.7 Å². The summed E-state index contributed by atoms with van der Waals surface area (Å²) in [6, 6.07) is 0. The van der Waals surface area contributed by atoms with Crippen molar-refractivity contribution in [1.82, 2.24) is 4.90 Å². The van der Waals surface area contributed by atoms with Crippen molar-refractivity contribution in [2.45, 2.75) is 32.8 Å². The van der Waals surface area contributed by atoms with Gasteiger partial charge in [-0.25, -0.2) is 0 Å². The van der Waals surface area contributed by atoms with Gasteiger partial charge in [0.2, 0.25) is 0 Å². The van der Waals surface area contributed by atoms with Gasteiger partial charge in [0.25, 0.3) is 0 Å². The fourth-order valence-corrected chi connectivity index (χ4v) is 1.62. The summed E-state index contributed by atoms with van der Waals surface area (Å²) in [6.07, 6.45) is 2.78. The van der Waals surface area contributed by atoms with Gasteiger partial charge < -0.3 is 9.64 Å². The second-order valence-electron chi connectivity index (χ2n) is 3.37. The molecule has 0 saturated carbocycles. The van der Waals surface area contributed by atoms with E-state index in [4.69, 9.17) is 4.74 Å². The fourth-order valence-electron chi connectivity index (χ4n) is 1.62. The molecule has 1 heterocycles. The standard InChI is InChI=1S/C11H19NO/c1-3-5-10-13-11-6-8-12(4-2)9-7-11/h11H,4,6-10H2,1-2H3. The Balaban J connectivity index is 2.12. The number of ether oxygens (including phenoxy) is 1. The van der Waals surface area contributed by atoms with Gasteiger partial charge >= 0.3 is 0 Å². The maximum absolute atomic E-state index is 5.62. The van der Waals surface area contributed by atoms with E-state index in [9.17, 15) is 0 Å². The molecule has 0 aromatic heterocycles. The molecular weight excluding hydrogens is 162 g/mol. The second kappa shape index (κ2) is 6.01. The van der Waals surface area contributed by atoms with Gasteiger partial charge in [-0.2, -0.15) is 0 Å². The summed E-state index contributed by atoms with van der Waals surface area (Å²) < 4.78 is 5.62. The van der Waals surface area contributed by atoms with Crippen LogP contribution in [0.2, 0.25) is 0 Å². The number of piperidine rings is 1. The molecule has 0 aromatic carbocycles. The molecule has 1 aliphatic heterocycles. The van der Waals surface area contributed by atoms with E-state index in [1.807, 2.05) is 6.92 Å². The van der Waals surface area contributed by atoms with Crippen LogP contribution in [0.15, 0.2) is 0 Å². The smallest absolute Gasteiger partial charge is 0.108 e. The van der Waals surface area contributed by atoms with Gasteiger partial charge in [0.15, 0.2) is 0 Å². The van der Waals surface area contributed by atoms with Gasteiger partial charge in [0.1, 0.15) is 6.61 Å². The van der Waals surface area contributed by atoms with E-state index in [1.54, 1.807) is 0 Å². The molecule has 0 atom stereocenters. The quantitative estimate of drug-likeness (QED) is 0.612. The summed E-state index contributed by atoms with van der Waals surface area (Å²) in [6.45, 7) is 8.20. The topological polar surface area (TPSA) is 12.5 Å². The van der Waals surface area contributed by atoms with Crippen LogP contribution in [0.3, 0.4) is 0 Å². The SMILES string of the molecule is CC#CCOC1CCN(CC)CC1. The van der Waals surface area contributed by atoms with E-state index in [1.165, 1.54) is 32.5 Å². The first kappa shape index (κ1) is 10.6. The number of nitrogens with zero attached hydrogens (tertiary/aromatic N) is 1. The Morgan fingerprint density at radius 2 is 2.08 bits per heavy atom. The summed E-state index contributed by atoms with van der Waals surface area (Å²) in [7, 11) is 0. The highest BCUT2D eigenvalue weighted by atomic mass is 16.5. The molecule has 1 fully saturated rings. The summed E-state index contributed by atoms with van der Waals surface area (Å²) >= 11 is 0. The molecule has 2 heteroatoms. The van der Waals surface area contributed by atoms with E-state index in [2.05, 4.69) is 23.7 Å². The minimum absolute atomic E-state index is 0.448. The van der Waals surface area contributed by atoms with Crippen LogP contribution >= 0.6 is 0 Å². The molecule has 0 bridgehead atoms. The Morgan fingerprint density at radius 1 is 1.38 bits per heavy atom. The van der Waals surface area contributed by atoms with Crippen LogP contribution < -0.4 is 0 Å². The van der Waals surface area contributed by atoms with Crippen LogP contribution in [-0.2, 0) is 4.74 Å². The monoisotopic (exact) mass is 181 g/mol. The first-order chi connectivity index (χ1) is 6.36. The molecule has 1 aliphatic rings. The normalized spacial score (nSPS) is 19.5. The van der Waals surface area contributed by atoms with Crippen LogP contribution in [0.5, 0.6) is 0 Å². The third-order valence-corrected chi connectivity index (χ3v) is 2.55. The lowest BCUT2D eigenvalue weighted by atomic mass is 10.1. The van der Waals surface area contributed by atoms with Crippen molar-refractivity contribution in [1.29, 1.82) is 0 Å². The van der Waals surface area contributed by atoms with E-state index in [-0.39, 0.29) is 0 Å². The summed E-state index contributed by atoms with van der Waals surface area (Å²) in [5, 5.41) is 0. The Labute approximate surface area is 81.3 Å². The maximum Gasteiger partial charge on any atom is 0.108 e. The molecule has 1 saturated heterocycles. The minimum atomic E-state index is 0.448. The Morgan fingerprint density at radius 3 is 2.62 bits per heavy atom. The third-order valence-electron chi connectivity index (χ3n) is 2.55. The average Bonchev–Trinajstić information content (AvgIpc) is 2.19. The Kier molecular flexibility index (Phi) is 4.88. The lowest BCUT2D eigenvalue weighted by Gasteiger charge is -2.30. The van der Waals surface area contributed by atoms with Crippen LogP contribution in [0, 0.1) is 11.8 Å². The van der Waals surface area contributed by atoms with E-state index >= 15 is 0 Å². The number of hydrogen-bond donors (Lipinski definition) is 0. The average molecular weight is 181 g/mol. The molecule has 1 rings (SSSR count). The molecule has 13 heavy (non-hydrogen) atoms. The van der Waals surface area contributed by atoms with E-state index in [0.717, 1.165) is 0 Å². The van der Waals surface area contributed by atoms with Gasteiger partial charge in [-0.05, 0) is 26.3 Å². The Bertz CT molecular complexity index is 184. The van der Waals surface area contributed by atoms with Crippen molar-refractivity contribution >= 4 is 0 Å². The van der Waals surface area contributed by atoms with Gasteiger partial charge in [-0.15, -0.1) is 5.92 Å². The fraction of sp³-hybridized carbons (Fsp3) is 0.818. The van der Waals surface area contributed by atoms with Gasteiger partial charge in [0.05, 0.1) is 6.10 Å². The van der Waals surface area contributed by atoms with Crippen molar-refractivity contribution in [2.75, 3.05) is 26.2 Å².